The third-order valence-corrected chi connectivity index (χ3v) is 7.60. The van der Waals surface area contributed by atoms with Gasteiger partial charge in [0.25, 0.3) is 0 Å². The number of halogens is 2. The standard InChI is InChI=1S/C24H31F2N5O2S/c25-17-7-4-8-18(26)20(17)21(33)22-23(27)30-24(34-22)29-16-10-13-31(14-11-16)19(32)9-12-28-15-5-2-1-3-6-15/h4,7-8,15-16,28H,1-3,5-6,9-14,27H2,(H,29,30). The average Bonchev–Trinajstić information content (AvgIpc) is 3.19. The zero-order valence-electron chi connectivity index (χ0n) is 19.1. The molecular weight excluding hydrogens is 460 g/mol. The van der Waals surface area contributed by atoms with Crippen LogP contribution in [0.15, 0.2) is 18.2 Å². The van der Waals surface area contributed by atoms with E-state index in [1.165, 1.54) is 38.2 Å². The monoisotopic (exact) mass is 491 g/mol. The summed E-state index contributed by atoms with van der Waals surface area (Å²) in [4.78, 5) is 31.3. The molecule has 184 valence electrons. The summed E-state index contributed by atoms with van der Waals surface area (Å²) in [5, 5.41) is 7.21. The molecular formula is C24H31F2N5O2S. The zero-order chi connectivity index (χ0) is 24.1. The van der Waals surface area contributed by atoms with Gasteiger partial charge in [-0.15, -0.1) is 0 Å². The van der Waals surface area contributed by atoms with E-state index in [2.05, 4.69) is 15.6 Å². The van der Waals surface area contributed by atoms with Crippen molar-refractivity contribution >= 4 is 34.0 Å². The zero-order valence-corrected chi connectivity index (χ0v) is 19.9. The Hall–Kier alpha value is -2.59. The van der Waals surface area contributed by atoms with Gasteiger partial charge in [-0.1, -0.05) is 36.7 Å². The molecule has 4 rings (SSSR count). The molecule has 1 amide bonds. The predicted octanol–water partition coefficient (Wildman–Crippen LogP) is 3.95. The van der Waals surface area contributed by atoms with Gasteiger partial charge in [-0.05, 0) is 37.8 Å². The molecule has 2 fully saturated rings. The summed E-state index contributed by atoms with van der Waals surface area (Å²) in [5.74, 6) is -2.57. The van der Waals surface area contributed by atoms with Crippen molar-refractivity contribution in [2.24, 2.45) is 0 Å². The Labute approximate surface area is 202 Å². The molecule has 0 radical (unpaired) electrons. The second-order valence-corrected chi connectivity index (χ2v) is 10.00. The summed E-state index contributed by atoms with van der Waals surface area (Å²) in [6.45, 7) is 2.01. The quantitative estimate of drug-likeness (QED) is 0.484. The maximum Gasteiger partial charge on any atom is 0.223 e. The van der Waals surface area contributed by atoms with Gasteiger partial charge in [0.05, 0.1) is 5.56 Å². The lowest BCUT2D eigenvalue weighted by Crippen LogP contribution is -2.43. The lowest BCUT2D eigenvalue weighted by Gasteiger charge is -2.32. The van der Waals surface area contributed by atoms with Gasteiger partial charge in [0.1, 0.15) is 22.3 Å². The maximum absolute atomic E-state index is 14.0. The minimum Gasteiger partial charge on any atom is -0.382 e. The second-order valence-electron chi connectivity index (χ2n) is 9.00. The summed E-state index contributed by atoms with van der Waals surface area (Å²) in [6.07, 6.45) is 8.26. The van der Waals surface area contributed by atoms with Gasteiger partial charge >= 0.3 is 0 Å². The molecule has 7 nitrogen and oxygen atoms in total. The molecule has 2 aliphatic rings. The number of nitrogens with two attached hydrogens (primary N) is 1. The number of thiazole rings is 1. The number of ketones is 1. The van der Waals surface area contributed by atoms with Crippen LogP contribution >= 0.6 is 11.3 Å². The number of anilines is 2. The molecule has 1 aromatic heterocycles. The molecule has 0 spiro atoms. The van der Waals surface area contributed by atoms with Crippen molar-refractivity contribution in [2.75, 3.05) is 30.7 Å². The number of piperidine rings is 1. The Kier molecular flexibility index (Phi) is 8.10. The number of carbonyl (C=O) groups is 2. The van der Waals surface area contributed by atoms with Gasteiger partial charge in [-0.2, -0.15) is 0 Å². The number of nitrogens with zero attached hydrogens (tertiary/aromatic N) is 2. The SMILES string of the molecule is Nc1nc(NC2CCN(C(=O)CCNC3CCCCC3)CC2)sc1C(=O)c1c(F)cccc1F. The number of nitrogens with one attached hydrogen (secondary N) is 2. The van der Waals surface area contributed by atoms with E-state index in [0.29, 0.717) is 30.7 Å². The number of nitrogen functional groups attached to an aromatic ring is 1. The van der Waals surface area contributed by atoms with Gasteiger partial charge in [0.2, 0.25) is 11.7 Å². The van der Waals surface area contributed by atoms with Crippen LogP contribution in [-0.2, 0) is 4.79 Å². The van der Waals surface area contributed by atoms with Gasteiger partial charge in [-0.25, -0.2) is 13.8 Å². The Morgan fingerprint density at radius 3 is 2.41 bits per heavy atom. The van der Waals surface area contributed by atoms with Crippen LogP contribution in [0.4, 0.5) is 19.7 Å². The topological polar surface area (TPSA) is 100 Å². The van der Waals surface area contributed by atoms with Crippen molar-refractivity contribution in [1.29, 1.82) is 0 Å². The van der Waals surface area contributed by atoms with Crippen LogP contribution in [0.1, 0.15) is 66.6 Å². The molecule has 34 heavy (non-hydrogen) atoms. The minimum absolute atomic E-state index is 0.00424. The average molecular weight is 492 g/mol. The van der Waals surface area contributed by atoms with E-state index in [4.69, 9.17) is 5.73 Å². The first-order valence-corrected chi connectivity index (χ1v) is 12.8. The highest BCUT2D eigenvalue weighted by atomic mass is 32.1. The molecule has 0 atom stereocenters. The molecule has 1 aliphatic carbocycles. The fraction of sp³-hybridized carbons (Fsp3) is 0.542. The van der Waals surface area contributed by atoms with Crippen molar-refractivity contribution in [3.8, 4) is 0 Å². The first-order chi connectivity index (χ1) is 16.4. The number of carbonyl (C=O) groups excluding carboxylic acids is 2. The smallest absolute Gasteiger partial charge is 0.223 e. The van der Waals surface area contributed by atoms with Crippen molar-refractivity contribution in [3.05, 3.63) is 40.3 Å². The molecule has 1 saturated carbocycles. The third-order valence-electron chi connectivity index (χ3n) is 6.60. The molecule has 1 aromatic carbocycles. The summed E-state index contributed by atoms with van der Waals surface area (Å²) < 4.78 is 28.0. The van der Waals surface area contributed by atoms with Crippen molar-refractivity contribution < 1.29 is 18.4 Å². The van der Waals surface area contributed by atoms with E-state index < -0.39 is 23.0 Å². The minimum atomic E-state index is -0.932. The molecule has 1 saturated heterocycles. The third kappa shape index (κ3) is 5.90. The lowest BCUT2D eigenvalue weighted by atomic mass is 9.95. The number of benzene rings is 1. The lowest BCUT2D eigenvalue weighted by molar-refractivity contribution is -0.132. The van der Waals surface area contributed by atoms with E-state index in [1.807, 2.05) is 4.90 Å². The molecule has 10 heteroatoms. The van der Waals surface area contributed by atoms with Crippen LogP contribution in [0.5, 0.6) is 0 Å². The van der Waals surface area contributed by atoms with Crippen LogP contribution in [0.2, 0.25) is 0 Å². The highest BCUT2D eigenvalue weighted by Crippen LogP contribution is 2.30. The van der Waals surface area contributed by atoms with Crippen LogP contribution in [0.3, 0.4) is 0 Å². The van der Waals surface area contributed by atoms with E-state index in [9.17, 15) is 18.4 Å². The van der Waals surface area contributed by atoms with E-state index >= 15 is 0 Å². The van der Waals surface area contributed by atoms with Crippen molar-refractivity contribution in [2.45, 2.75) is 63.5 Å². The highest BCUT2D eigenvalue weighted by molar-refractivity contribution is 7.18. The molecule has 2 aromatic rings. The van der Waals surface area contributed by atoms with E-state index in [-0.39, 0.29) is 22.6 Å². The molecule has 2 heterocycles. The maximum atomic E-state index is 14.0. The van der Waals surface area contributed by atoms with Crippen LogP contribution in [0, 0.1) is 11.6 Å². The second kappa shape index (κ2) is 11.2. The van der Waals surface area contributed by atoms with Gasteiger partial charge in [0.15, 0.2) is 5.13 Å². The molecule has 0 unspecified atom stereocenters. The van der Waals surface area contributed by atoms with Crippen molar-refractivity contribution in [3.63, 3.8) is 0 Å². The highest BCUT2D eigenvalue weighted by Gasteiger charge is 2.27. The summed E-state index contributed by atoms with van der Waals surface area (Å²) >= 11 is 0.986. The number of amides is 1. The van der Waals surface area contributed by atoms with Crippen LogP contribution in [0.25, 0.3) is 0 Å². The number of likely N-dealkylation sites (tertiary alicyclic amines) is 1. The summed E-state index contributed by atoms with van der Waals surface area (Å²) in [5.41, 5.74) is 5.25. The van der Waals surface area contributed by atoms with Gasteiger partial charge in [0, 0.05) is 38.1 Å². The first kappa shape index (κ1) is 24.5. The van der Waals surface area contributed by atoms with E-state index in [0.717, 1.165) is 42.9 Å². The number of hydrogen-bond acceptors (Lipinski definition) is 7. The van der Waals surface area contributed by atoms with Gasteiger partial charge in [-0.3, -0.25) is 9.59 Å². The largest absolute Gasteiger partial charge is 0.382 e. The van der Waals surface area contributed by atoms with Crippen molar-refractivity contribution in [1.82, 2.24) is 15.2 Å². The first-order valence-electron chi connectivity index (χ1n) is 11.9. The molecule has 0 bridgehead atoms. The number of rotatable bonds is 8. The van der Waals surface area contributed by atoms with Gasteiger partial charge < -0.3 is 21.3 Å². The summed E-state index contributed by atoms with van der Waals surface area (Å²) in [6, 6.07) is 3.90. The molecule has 4 N–H and O–H groups in total. The fourth-order valence-electron chi connectivity index (χ4n) is 4.68. The Balaban J connectivity index is 1.26. The van der Waals surface area contributed by atoms with Crippen LogP contribution < -0.4 is 16.4 Å². The fourth-order valence-corrected chi connectivity index (χ4v) is 5.59. The predicted molar refractivity (Wildman–Crippen MR) is 129 cm³/mol. The molecule has 1 aliphatic heterocycles. The Bertz CT molecular complexity index is 997. The summed E-state index contributed by atoms with van der Waals surface area (Å²) in [7, 11) is 0. The Morgan fingerprint density at radius 2 is 1.74 bits per heavy atom. The number of aromatic nitrogens is 1. The van der Waals surface area contributed by atoms with E-state index in [1.54, 1.807) is 0 Å². The van der Waals surface area contributed by atoms with Crippen LogP contribution in [-0.4, -0.2) is 53.3 Å². The number of hydrogen-bond donors (Lipinski definition) is 3. The Morgan fingerprint density at radius 1 is 1.06 bits per heavy atom. The normalized spacial score (nSPS) is 17.6.